The molecule has 0 bridgehead atoms. The van der Waals surface area contributed by atoms with Crippen LogP contribution in [0.15, 0.2) is 30.3 Å². The fourth-order valence-corrected chi connectivity index (χ4v) is 2.90. The number of nitrogens with zero attached hydrogens (tertiary/aromatic N) is 2. The van der Waals surface area contributed by atoms with Gasteiger partial charge in [0.05, 0.1) is 11.1 Å². The second-order valence-corrected chi connectivity index (χ2v) is 6.21. The van der Waals surface area contributed by atoms with Crippen molar-refractivity contribution in [1.29, 1.82) is 0 Å². The van der Waals surface area contributed by atoms with Crippen molar-refractivity contribution in [3.8, 4) is 5.69 Å². The number of carbonyl (C=O) groups excluding carboxylic acids is 1. The molecule has 102 valence electrons. The summed E-state index contributed by atoms with van der Waals surface area (Å²) in [4.78, 5) is 12.1. The highest BCUT2D eigenvalue weighted by Crippen LogP contribution is 2.75. The van der Waals surface area contributed by atoms with E-state index in [-0.39, 0.29) is 11.3 Å². The van der Waals surface area contributed by atoms with Gasteiger partial charge in [0.1, 0.15) is 0 Å². The summed E-state index contributed by atoms with van der Waals surface area (Å²) in [6.45, 7) is 1.96. The van der Waals surface area contributed by atoms with Crippen LogP contribution in [0.3, 0.4) is 0 Å². The smallest absolute Gasteiger partial charge is 0.232 e. The van der Waals surface area contributed by atoms with Gasteiger partial charge in [-0.3, -0.25) is 4.79 Å². The highest BCUT2D eigenvalue weighted by molar-refractivity contribution is 6.30. The minimum absolute atomic E-state index is 0.0340. The van der Waals surface area contributed by atoms with Gasteiger partial charge < -0.3 is 5.32 Å². The van der Waals surface area contributed by atoms with E-state index in [1.165, 1.54) is 0 Å². The first-order valence-electron chi connectivity index (χ1n) is 6.72. The van der Waals surface area contributed by atoms with Crippen LogP contribution in [0.4, 0.5) is 5.82 Å². The molecule has 2 aliphatic rings. The predicted octanol–water partition coefficient (Wildman–Crippen LogP) is 3.18. The summed E-state index contributed by atoms with van der Waals surface area (Å²) in [6.07, 6.45) is 2.10. The Balaban J connectivity index is 1.60. The summed E-state index contributed by atoms with van der Waals surface area (Å²) >= 11 is 6.00. The molecule has 0 radical (unpaired) electrons. The number of hydrogen-bond donors (Lipinski definition) is 1. The standard InChI is InChI=1S/C15H14ClN3O/c1-9-5-13(17-14(20)15-7-10(15)8-15)18-19(9)12-4-2-3-11(16)6-12/h2-6,10H,7-8H2,1H3,(H,17,18,20). The largest absolute Gasteiger partial charge is 0.309 e. The van der Waals surface area contributed by atoms with Gasteiger partial charge in [0, 0.05) is 16.8 Å². The summed E-state index contributed by atoms with van der Waals surface area (Å²) in [7, 11) is 0. The molecule has 20 heavy (non-hydrogen) atoms. The number of halogens is 1. The lowest BCUT2D eigenvalue weighted by atomic mass is 10.2. The van der Waals surface area contributed by atoms with Crippen LogP contribution in [0.25, 0.3) is 5.69 Å². The van der Waals surface area contributed by atoms with Crippen LogP contribution in [0.2, 0.25) is 5.02 Å². The quantitative estimate of drug-likeness (QED) is 0.942. The topological polar surface area (TPSA) is 46.9 Å². The molecule has 0 atom stereocenters. The van der Waals surface area contributed by atoms with E-state index >= 15 is 0 Å². The monoisotopic (exact) mass is 287 g/mol. The number of aryl methyl sites for hydroxylation is 1. The van der Waals surface area contributed by atoms with Crippen LogP contribution in [0.1, 0.15) is 18.5 Å². The highest BCUT2D eigenvalue weighted by atomic mass is 35.5. The van der Waals surface area contributed by atoms with Crippen molar-refractivity contribution >= 4 is 23.3 Å². The first-order chi connectivity index (χ1) is 9.58. The molecule has 1 heterocycles. The molecule has 2 saturated carbocycles. The summed E-state index contributed by atoms with van der Waals surface area (Å²) in [5, 5.41) is 8.04. The Labute approximate surface area is 121 Å². The van der Waals surface area contributed by atoms with E-state index in [4.69, 9.17) is 11.6 Å². The maximum atomic E-state index is 12.1. The molecular weight excluding hydrogens is 274 g/mol. The Morgan fingerprint density at radius 2 is 2.20 bits per heavy atom. The van der Waals surface area contributed by atoms with Crippen molar-refractivity contribution in [3.63, 3.8) is 0 Å². The molecule has 1 aromatic carbocycles. The number of hydrogen-bond acceptors (Lipinski definition) is 2. The third-order valence-electron chi connectivity index (χ3n) is 4.32. The van der Waals surface area contributed by atoms with Gasteiger partial charge in [0.25, 0.3) is 0 Å². The van der Waals surface area contributed by atoms with Crippen LogP contribution in [-0.4, -0.2) is 15.7 Å². The Morgan fingerprint density at radius 3 is 2.85 bits per heavy atom. The first kappa shape index (κ1) is 12.0. The molecule has 0 aliphatic heterocycles. The normalized spacial score (nSPS) is 26.0. The molecular formula is C15H14ClN3O. The lowest BCUT2D eigenvalue weighted by Gasteiger charge is -2.05. The predicted molar refractivity (Wildman–Crippen MR) is 77.1 cm³/mol. The Kier molecular flexibility index (Phi) is 2.31. The zero-order valence-electron chi connectivity index (χ0n) is 11.1. The average Bonchev–Trinajstić information content (AvgIpc) is 3.22. The van der Waals surface area contributed by atoms with E-state index < -0.39 is 0 Å². The second-order valence-electron chi connectivity index (χ2n) is 5.78. The minimum Gasteiger partial charge on any atom is -0.309 e. The maximum Gasteiger partial charge on any atom is 0.232 e. The van der Waals surface area contributed by atoms with Crippen LogP contribution >= 0.6 is 11.6 Å². The SMILES string of the molecule is Cc1cc(NC(=O)C23CC2C3)nn1-c1cccc(Cl)c1. The molecule has 0 unspecified atom stereocenters. The van der Waals surface area contributed by atoms with E-state index in [2.05, 4.69) is 10.4 Å². The zero-order chi connectivity index (χ0) is 13.9. The second kappa shape index (κ2) is 3.85. The third-order valence-corrected chi connectivity index (χ3v) is 4.55. The van der Waals surface area contributed by atoms with Crippen molar-refractivity contribution in [3.05, 3.63) is 41.0 Å². The number of amides is 1. The minimum atomic E-state index is -0.0340. The zero-order valence-corrected chi connectivity index (χ0v) is 11.8. The highest BCUT2D eigenvalue weighted by Gasteiger charge is 2.74. The van der Waals surface area contributed by atoms with Crippen molar-refractivity contribution in [2.24, 2.45) is 11.3 Å². The first-order valence-corrected chi connectivity index (χ1v) is 7.10. The summed E-state index contributed by atoms with van der Waals surface area (Å²) in [6, 6.07) is 9.38. The van der Waals surface area contributed by atoms with Gasteiger partial charge in [-0.15, -0.1) is 5.10 Å². The van der Waals surface area contributed by atoms with E-state index in [9.17, 15) is 4.79 Å². The van der Waals surface area contributed by atoms with E-state index in [0.717, 1.165) is 24.2 Å². The average molecular weight is 288 g/mol. The van der Waals surface area contributed by atoms with Crippen LogP contribution < -0.4 is 5.32 Å². The Hall–Kier alpha value is -1.81. The van der Waals surface area contributed by atoms with Crippen molar-refractivity contribution in [1.82, 2.24) is 9.78 Å². The molecule has 2 aromatic rings. The summed E-state index contributed by atoms with van der Waals surface area (Å²) < 4.78 is 1.79. The molecule has 1 amide bonds. The van der Waals surface area contributed by atoms with Gasteiger partial charge in [-0.25, -0.2) is 4.68 Å². The number of carbonyl (C=O) groups is 1. The van der Waals surface area contributed by atoms with Gasteiger partial charge in [0.15, 0.2) is 5.82 Å². The van der Waals surface area contributed by atoms with Crippen LogP contribution in [0.5, 0.6) is 0 Å². The third kappa shape index (κ3) is 1.75. The van der Waals surface area contributed by atoms with E-state index in [1.807, 2.05) is 37.3 Å². The molecule has 5 heteroatoms. The molecule has 4 nitrogen and oxygen atoms in total. The maximum absolute atomic E-state index is 12.1. The van der Waals surface area contributed by atoms with Gasteiger partial charge in [0.2, 0.25) is 5.91 Å². The molecule has 1 N–H and O–H groups in total. The van der Waals surface area contributed by atoms with Gasteiger partial charge in [-0.2, -0.15) is 0 Å². The fourth-order valence-electron chi connectivity index (χ4n) is 2.72. The van der Waals surface area contributed by atoms with Crippen LogP contribution in [0, 0.1) is 18.3 Å². The number of benzene rings is 1. The number of fused-ring (bicyclic) bond motifs is 1. The summed E-state index contributed by atoms with van der Waals surface area (Å²) in [5.41, 5.74) is 1.82. The van der Waals surface area contributed by atoms with E-state index in [1.54, 1.807) is 4.68 Å². The number of rotatable bonds is 3. The van der Waals surface area contributed by atoms with Crippen molar-refractivity contribution in [2.75, 3.05) is 5.32 Å². The van der Waals surface area contributed by atoms with Crippen LogP contribution in [-0.2, 0) is 4.79 Å². The van der Waals surface area contributed by atoms with Gasteiger partial charge >= 0.3 is 0 Å². The van der Waals surface area contributed by atoms with Crippen molar-refractivity contribution in [2.45, 2.75) is 19.8 Å². The summed E-state index contributed by atoms with van der Waals surface area (Å²) in [5.74, 6) is 1.37. The molecule has 4 rings (SSSR count). The van der Waals surface area contributed by atoms with Crippen molar-refractivity contribution < 1.29 is 4.79 Å². The Bertz CT molecular complexity index is 716. The number of anilines is 1. The lowest BCUT2D eigenvalue weighted by Crippen LogP contribution is -2.18. The fraction of sp³-hybridized carbons (Fsp3) is 0.333. The number of nitrogens with one attached hydrogen (secondary N) is 1. The molecule has 1 aromatic heterocycles. The molecule has 2 aliphatic carbocycles. The number of aromatic nitrogens is 2. The molecule has 0 spiro atoms. The van der Waals surface area contributed by atoms with Gasteiger partial charge in [-0.05, 0) is 43.9 Å². The lowest BCUT2D eigenvalue weighted by molar-refractivity contribution is -0.119. The molecule has 0 saturated heterocycles. The van der Waals surface area contributed by atoms with E-state index in [0.29, 0.717) is 16.8 Å². The Morgan fingerprint density at radius 1 is 1.45 bits per heavy atom. The van der Waals surface area contributed by atoms with Gasteiger partial charge in [-0.1, -0.05) is 17.7 Å². The molecule has 2 fully saturated rings.